The second-order valence-corrected chi connectivity index (χ2v) is 7.44. The summed E-state index contributed by atoms with van der Waals surface area (Å²) in [4.78, 5) is 28.4. The van der Waals surface area contributed by atoms with E-state index in [4.69, 9.17) is 0 Å². The first-order valence-corrected chi connectivity index (χ1v) is 10.4. The molecule has 2 heterocycles. The van der Waals surface area contributed by atoms with Gasteiger partial charge in [0.05, 0.1) is 0 Å². The van der Waals surface area contributed by atoms with Gasteiger partial charge in [0.2, 0.25) is 5.95 Å². The molecule has 1 amide bonds. The molecule has 0 saturated carbocycles. The van der Waals surface area contributed by atoms with Crippen molar-refractivity contribution in [2.24, 2.45) is 0 Å². The molecule has 156 valence electrons. The number of carbonyl (C=O) groups excluding carboxylic acids is 1. The summed E-state index contributed by atoms with van der Waals surface area (Å²) in [5.41, 5.74) is 2.24. The predicted molar refractivity (Wildman–Crippen MR) is 114 cm³/mol. The fourth-order valence-corrected chi connectivity index (χ4v) is 3.64. The van der Waals surface area contributed by atoms with E-state index in [2.05, 4.69) is 33.6 Å². The van der Waals surface area contributed by atoms with E-state index in [0.717, 1.165) is 37.3 Å². The summed E-state index contributed by atoms with van der Waals surface area (Å²) in [7, 11) is 0. The largest absolute Gasteiger partial charge is 0.368 e. The minimum atomic E-state index is -0.238. The number of benzene rings is 1. The standard InChI is InChI=1S/C22H30FN5O/c1-4-10-28(11-5-2)22-24-17(3)16-20(25-22)21(29)27-14-12-26(13-15-27)19-8-6-18(23)7-9-19/h6-9,16H,4-5,10-15H2,1-3H3. The topological polar surface area (TPSA) is 52.6 Å². The average molecular weight is 400 g/mol. The van der Waals surface area contributed by atoms with Crippen molar-refractivity contribution < 1.29 is 9.18 Å². The molecular weight excluding hydrogens is 369 g/mol. The number of aromatic nitrogens is 2. The molecule has 3 rings (SSSR count). The van der Waals surface area contributed by atoms with Crippen molar-refractivity contribution in [3.05, 3.63) is 47.5 Å². The van der Waals surface area contributed by atoms with Crippen molar-refractivity contribution in [2.75, 3.05) is 49.1 Å². The van der Waals surface area contributed by atoms with Crippen LogP contribution in [-0.4, -0.2) is 60.0 Å². The molecule has 0 spiro atoms. The second kappa shape index (κ2) is 9.67. The van der Waals surface area contributed by atoms with Crippen LogP contribution in [0.3, 0.4) is 0 Å². The predicted octanol–water partition coefficient (Wildman–Crippen LogP) is 3.51. The van der Waals surface area contributed by atoms with Gasteiger partial charge in [-0.2, -0.15) is 0 Å². The molecule has 6 nitrogen and oxygen atoms in total. The molecule has 1 saturated heterocycles. The number of piperazine rings is 1. The molecular formula is C22H30FN5O. The van der Waals surface area contributed by atoms with Crippen LogP contribution in [0.2, 0.25) is 0 Å². The van der Waals surface area contributed by atoms with Crippen LogP contribution in [0.15, 0.2) is 30.3 Å². The van der Waals surface area contributed by atoms with Gasteiger partial charge < -0.3 is 14.7 Å². The molecule has 7 heteroatoms. The van der Waals surface area contributed by atoms with Crippen molar-refractivity contribution >= 4 is 17.5 Å². The highest BCUT2D eigenvalue weighted by molar-refractivity contribution is 5.93. The van der Waals surface area contributed by atoms with Gasteiger partial charge in [0.15, 0.2) is 0 Å². The first kappa shape index (κ1) is 21.0. The van der Waals surface area contributed by atoms with Crippen LogP contribution in [0.1, 0.15) is 42.9 Å². The molecule has 0 radical (unpaired) electrons. The Bertz CT molecular complexity index is 812. The lowest BCUT2D eigenvalue weighted by Gasteiger charge is -2.36. The first-order chi connectivity index (χ1) is 14.0. The number of hydrogen-bond donors (Lipinski definition) is 0. The molecule has 29 heavy (non-hydrogen) atoms. The molecule has 1 aliphatic rings. The zero-order chi connectivity index (χ0) is 20.8. The van der Waals surface area contributed by atoms with Crippen LogP contribution in [0.4, 0.5) is 16.0 Å². The Morgan fingerprint density at radius 1 is 1.03 bits per heavy atom. The Morgan fingerprint density at radius 3 is 2.24 bits per heavy atom. The highest BCUT2D eigenvalue weighted by atomic mass is 19.1. The van der Waals surface area contributed by atoms with Crippen molar-refractivity contribution in [3.63, 3.8) is 0 Å². The van der Waals surface area contributed by atoms with Gasteiger partial charge in [-0.1, -0.05) is 13.8 Å². The fraction of sp³-hybridized carbons (Fsp3) is 0.500. The fourth-order valence-electron chi connectivity index (χ4n) is 3.64. The van der Waals surface area contributed by atoms with Crippen LogP contribution in [0.5, 0.6) is 0 Å². The van der Waals surface area contributed by atoms with Gasteiger partial charge in [-0.25, -0.2) is 14.4 Å². The number of aryl methyl sites for hydroxylation is 1. The van der Waals surface area contributed by atoms with Crippen molar-refractivity contribution in [2.45, 2.75) is 33.6 Å². The SMILES string of the molecule is CCCN(CCC)c1nc(C)cc(C(=O)N2CCN(c3ccc(F)cc3)CC2)n1. The van der Waals surface area contributed by atoms with Crippen LogP contribution >= 0.6 is 0 Å². The van der Waals surface area contributed by atoms with Crippen LogP contribution in [0.25, 0.3) is 0 Å². The number of halogens is 1. The molecule has 0 unspecified atom stereocenters. The Hall–Kier alpha value is -2.70. The van der Waals surface area contributed by atoms with E-state index in [-0.39, 0.29) is 11.7 Å². The number of hydrogen-bond acceptors (Lipinski definition) is 5. The van der Waals surface area contributed by atoms with Gasteiger partial charge in [-0.05, 0) is 50.1 Å². The normalized spacial score (nSPS) is 14.2. The minimum Gasteiger partial charge on any atom is -0.368 e. The van der Waals surface area contributed by atoms with E-state index in [1.807, 2.05) is 11.8 Å². The number of amides is 1. The van der Waals surface area contributed by atoms with Crippen molar-refractivity contribution in [1.29, 1.82) is 0 Å². The maximum absolute atomic E-state index is 13.1. The third-order valence-electron chi connectivity index (χ3n) is 5.09. The van der Waals surface area contributed by atoms with Gasteiger partial charge in [0, 0.05) is 50.6 Å². The molecule has 1 fully saturated rings. The monoisotopic (exact) mass is 399 g/mol. The maximum atomic E-state index is 13.1. The van der Waals surface area contributed by atoms with Crippen LogP contribution < -0.4 is 9.80 Å². The summed E-state index contributed by atoms with van der Waals surface area (Å²) in [5.74, 6) is 0.350. The van der Waals surface area contributed by atoms with Gasteiger partial charge in [-0.3, -0.25) is 4.79 Å². The quantitative estimate of drug-likeness (QED) is 0.713. The highest BCUT2D eigenvalue weighted by Gasteiger charge is 2.24. The molecule has 0 atom stereocenters. The lowest BCUT2D eigenvalue weighted by Crippen LogP contribution is -2.49. The smallest absolute Gasteiger partial charge is 0.272 e. The summed E-state index contributed by atoms with van der Waals surface area (Å²) in [6.45, 7) is 10.6. The van der Waals surface area contributed by atoms with Gasteiger partial charge >= 0.3 is 0 Å². The van der Waals surface area contributed by atoms with E-state index in [1.165, 1.54) is 12.1 Å². The zero-order valence-electron chi connectivity index (χ0n) is 17.6. The summed E-state index contributed by atoms with van der Waals surface area (Å²) in [5, 5.41) is 0. The molecule has 0 aliphatic carbocycles. The Balaban J connectivity index is 1.69. The van der Waals surface area contributed by atoms with E-state index in [9.17, 15) is 9.18 Å². The molecule has 2 aromatic rings. The Morgan fingerprint density at radius 2 is 1.66 bits per heavy atom. The molecule has 1 aromatic heterocycles. The van der Waals surface area contributed by atoms with Crippen molar-refractivity contribution in [3.8, 4) is 0 Å². The highest BCUT2D eigenvalue weighted by Crippen LogP contribution is 2.19. The second-order valence-electron chi connectivity index (χ2n) is 7.44. The first-order valence-electron chi connectivity index (χ1n) is 10.4. The van der Waals surface area contributed by atoms with E-state index in [1.54, 1.807) is 18.2 Å². The van der Waals surface area contributed by atoms with Crippen LogP contribution in [0, 0.1) is 12.7 Å². The lowest BCUT2D eigenvalue weighted by molar-refractivity contribution is 0.0740. The number of nitrogens with zero attached hydrogens (tertiary/aromatic N) is 5. The number of rotatable bonds is 7. The van der Waals surface area contributed by atoms with E-state index < -0.39 is 0 Å². The summed E-state index contributed by atoms with van der Waals surface area (Å²) >= 11 is 0. The third kappa shape index (κ3) is 5.22. The van der Waals surface area contributed by atoms with Gasteiger partial charge in [-0.15, -0.1) is 0 Å². The third-order valence-corrected chi connectivity index (χ3v) is 5.09. The molecule has 0 N–H and O–H groups in total. The van der Waals surface area contributed by atoms with E-state index >= 15 is 0 Å². The van der Waals surface area contributed by atoms with Crippen molar-refractivity contribution in [1.82, 2.24) is 14.9 Å². The molecule has 1 aliphatic heterocycles. The van der Waals surface area contributed by atoms with Crippen LogP contribution in [-0.2, 0) is 0 Å². The Labute approximate surface area is 172 Å². The lowest BCUT2D eigenvalue weighted by atomic mass is 10.2. The summed E-state index contributed by atoms with van der Waals surface area (Å²) < 4.78 is 13.1. The molecule has 1 aromatic carbocycles. The Kier molecular flexibility index (Phi) is 7.01. The van der Waals surface area contributed by atoms with E-state index in [0.29, 0.717) is 37.8 Å². The molecule has 0 bridgehead atoms. The summed E-state index contributed by atoms with van der Waals surface area (Å²) in [6.07, 6.45) is 2.01. The summed E-state index contributed by atoms with van der Waals surface area (Å²) in [6, 6.07) is 8.27. The average Bonchev–Trinajstić information content (AvgIpc) is 2.73. The maximum Gasteiger partial charge on any atom is 0.272 e. The van der Waals surface area contributed by atoms with Gasteiger partial charge in [0.25, 0.3) is 5.91 Å². The number of anilines is 2. The zero-order valence-corrected chi connectivity index (χ0v) is 17.6. The minimum absolute atomic E-state index is 0.0524. The number of carbonyl (C=O) groups is 1. The van der Waals surface area contributed by atoms with Gasteiger partial charge in [0.1, 0.15) is 11.5 Å².